The van der Waals surface area contributed by atoms with Crippen LogP contribution < -0.4 is 24.8 Å². The molecule has 0 radical (unpaired) electrons. The monoisotopic (exact) mass is 392 g/mol. The molecule has 0 heterocycles. The number of halogens is 1. The second-order valence-corrected chi connectivity index (χ2v) is 6.26. The van der Waals surface area contributed by atoms with Crippen LogP contribution in [-0.2, 0) is 12.8 Å². The summed E-state index contributed by atoms with van der Waals surface area (Å²) < 4.78 is 16.0. The van der Waals surface area contributed by atoms with Gasteiger partial charge in [-0.25, -0.2) is 4.79 Å². The maximum Gasteiger partial charge on any atom is 0.314 e. The molecular weight excluding hydrogens is 368 g/mol. The molecule has 0 fully saturated rings. The summed E-state index contributed by atoms with van der Waals surface area (Å²) in [6, 6.07) is 11.0. The molecule has 2 rings (SSSR count). The lowest BCUT2D eigenvalue weighted by atomic mass is 10.1. The summed E-state index contributed by atoms with van der Waals surface area (Å²) in [7, 11) is 4.76. The molecule has 0 aliphatic heterocycles. The summed E-state index contributed by atoms with van der Waals surface area (Å²) in [6.07, 6.45) is 1.35. The van der Waals surface area contributed by atoms with E-state index in [4.69, 9.17) is 25.8 Å². The van der Waals surface area contributed by atoms with Crippen LogP contribution in [0.4, 0.5) is 4.79 Å². The van der Waals surface area contributed by atoms with Gasteiger partial charge in [0.1, 0.15) is 5.75 Å². The van der Waals surface area contributed by atoms with Gasteiger partial charge >= 0.3 is 6.03 Å². The average Bonchev–Trinajstić information content (AvgIpc) is 2.69. The Bertz CT molecular complexity index is 750. The van der Waals surface area contributed by atoms with E-state index in [0.29, 0.717) is 41.8 Å². The van der Waals surface area contributed by atoms with E-state index < -0.39 is 0 Å². The minimum absolute atomic E-state index is 0.205. The maximum absolute atomic E-state index is 11.9. The van der Waals surface area contributed by atoms with Gasteiger partial charge in [0.2, 0.25) is 0 Å². The SMILES string of the molecule is COc1cc(OC)c(OC)cc1CCNC(=O)NCCc1ccc(Cl)cc1. The molecule has 0 spiro atoms. The van der Waals surface area contributed by atoms with E-state index in [-0.39, 0.29) is 6.03 Å². The second kappa shape index (κ2) is 10.5. The fourth-order valence-corrected chi connectivity index (χ4v) is 2.76. The Balaban J connectivity index is 1.79. The van der Waals surface area contributed by atoms with E-state index in [9.17, 15) is 4.79 Å². The van der Waals surface area contributed by atoms with Gasteiger partial charge in [-0.1, -0.05) is 23.7 Å². The topological polar surface area (TPSA) is 68.8 Å². The number of methoxy groups -OCH3 is 3. The number of nitrogens with one attached hydrogen (secondary N) is 2. The van der Waals surface area contributed by atoms with Gasteiger partial charge in [0.25, 0.3) is 0 Å². The zero-order valence-electron chi connectivity index (χ0n) is 15.8. The minimum atomic E-state index is -0.205. The summed E-state index contributed by atoms with van der Waals surface area (Å²) >= 11 is 5.86. The van der Waals surface area contributed by atoms with Crippen molar-refractivity contribution in [1.82, 2.24) is 10.6 Å². The number of ether oxygens (including phenoxy) is 3. The zero-order valence-corrected chi connectivity index (χ0v) is 16.6. The second-order valence-electron chi connectivity index (χ2n) is 5.83. The van der Waals surface area contributed by atoms with Crippen molar-refractivity contribution in [3.63, 3.8) is 0 Å². The van der Waals surface area contributed by atoms with Crippen LogP contribution in [0.25, 0.3) is 0 Å². The summed E-state index contributed by atoms with van der Waals surface area (Å²) in [4.78, 5) is 11.9. The standard InChI is InChI=1S/C20H25ClN2O4/c1-25-17-13-19(27-3)18(26-2)12-15(17)9-11-23-20(24)22-10-8-14-4-6-16(21)7-5-14/h4-7,12-13H,8-11H2,1-3H3,(H2,22,23,24). The molecule has 0 unspecified atom stereocenters. The van der Waals surface area contributed by atoms with Crippen LogP contribution in [0.3, 0.4) is 0 Å². The number of urea groups is 1. The number of benzene rings is 2. The largest absolute Gasteiger partial charge is 0.496 e. The van der Waals surface area contributed by atoms with Crippen molar-refractivity contribution >= 4 is 17.6 Å². The molecule has 0 saturated heterocycles. The lowest BCUT2D eigenvalue weighted by Crippen LogP contribution is -2.37. The molecule has 27 heavy (non-hydrogen) atoms. The fraction of sp³-hybridized carbons (Fsp3) is 0.350. The zero-order chi connectivity index (χ0) is 19.6. The van der Waals surface area contributed by atoms with Crippen molar-refractivity contribution < 1.29 is 19.0 Å². The van der Waals surface area contributed by atoms with Crippen LogP contribution in [-0.4, -0.2) is 40.5 Å². The molecule has 0 saturated carbocycles. The lowest BCUT2D eigenvalue weighted by molar-refractivity contribution is 0.241. The predicted molar refractivity (Wildman–Crippen MR) is 106 cm³/mol. The van der Waals surface area contributed by atoms with E-state index in [1.165, 1.54) is 0 Å². The first-order valence-electron chi connectivity index (χ1n) is 8.62. The lowest BCUT2D eigenvalue weighted by Gasteiger charge is -2.14. The van der Waals surface area contributed by atoms with Gasteiger partial charge in [-0.3, -0.25) is 0 Å². The number of rotatable bonds is 9. The molecule has 2 aromatic rings. The number of carbonyl (C=O) groups is 1. The van der Waals surface area contributed by atoms with E-state index >= 15 is 0 Å². The summed E-state index contributed by atoms with van der Waals surface area (Å²) in [5.74, 6) is 1.92. The molecule has 0 aromatic heterocycles. The third-order valence-electron chi connectivity index (χ3n) is 4.08. The van der Waals surface area contributed by atoms with Crippen molar-refractivity contribution in [2.45, 2.75) is 12.8 Å². The average molecular weight is 393 g/mol. The molecule has 2 aromatic carbocycles. The molecule has 2 amide bonds. The Hall–Kier alpha value is -2.60. The van der Waals surface area contributed by atoms with Gasteiger partial charge in [0.05, 0.1) is 21.3 Å². The molecule has 0 atom stereocenters. The van der Waals surface area contributed by atoms with Gasteiger partial charge < -0.3 is 24.8 Å². The Morgan fingerprint density at radius 1 is 0.852 bits per heavy atom. The molecule has 0 bridgehead atoms. The fourth-order valence-electron chi connectivity index (χ4n) is 2.63. The quantitative estimate of drug-likeness (QED) is 0.685. The molecule has 2 N–H and O–H groups in total. The van der Waals surface area contributed by atoms with Crippen molar-refractivity contribution in [1.29, 1.82) is 0 Å². The van der Waals surface area contributed by atoms with E-state index in [0.717, 1.165) is 17.5 Å². The number of carbonyl (C=O) groups excluding carboxylic acids is 1. The molecule has 0 aliphatic carbocycles. The van der Waals surface area contributed by atoms with Crippen molar-refractivity contribution in [2.75, 3.05) is 34.4 Å². The van der Waals surface area contributed by atoms with Crippen LogP contribution in [0.1, 0.15) is 11.1 Å². The van der Waals surface area contributed by atoms with Gasteiger partial charge in [-0.2, -0.15) is 0 Å². The van der Waals surface area contributed by atoms with Crippen LogP contribution in [0, 0.1) is 0 Å². The Labute approximate surface area is 164 Å². The predicted octanol–water partition coefficient (Wildman–Crippen LogP) is 3.45. The Morgan fingerprint density at radius 3 is 2.00 bits per heavy atom. The first-order chi connectivity index (χ1) is 13.1. The van der Waals surface area contributed by atoms with Crippen molar-refractivity contribution in [3.8, 4) is 17.2 Å². The normalized spacial score (nSPS) is 10.2. The van der Waals surface area contributed by atoms with Crippen LogP contribution in [0.5, 0.6) is 17.2 Å². The van der Waals surface area contributed by atoms with Crippen LogP contribution in [0.2, 0.25) is 5.02 Å². The van der Waals surface area contributed by atoms with Gasteiger partial charge in [0.15, 0.2) is 11.5 Å². The molecule has 0 aliphatic rings. The maximum atomic E-state index is 11.9. The smallest absolute Gasteiger partial charge is 0.314 e. The highest BCUT2D eigenvalue weighted by Crippen LogP contribution is 2.34. The highest BCUT2D eigenvalue weighted by molar-refractivity contribution is 6.30. The van der Waals surface area contributed by atoms with Gasteiger partial charge in [0, 0.05) is 24.2 Å². The molecular formula is C20H25ClN2O4. The van der Waals surface area contributed by atoms with Gasteiger partial charge in [-0.05, 0) is 42.2 Å². The third kappa shape index (κ3) is 6.25. The molecule has 146 valence electrons. The summed E-state index contributed by atoms with van der Waals surface area (Å²) in [5.41, 5.74) is 2.05. The number of hydrogen-bond acceptors (Lipinski definition) is 4. The van der Waals surface area contributed by atoms with E-state index in [1.54, 1.807) is 27.4 Å². The molecule has 7 heteroatoms. The first-order valence-corrected chi connectivity index (χ1v) is 9.00. The molecule has 6 nitrogen and oxygen atoms in total. The first kappa shape index (κ1) is 20.7. The minimum Gasteiger partial charge on any atom is -0.496 e. The highest BCUT2D eigenvalue weighted by Gasteiger charge is 2.12. The van der Waals surface area contributed by atoms with Crippen molar-refractivity contribution in [3.05, 3.63) is 52.5 Å². The Morgan fingerprint density at radius 2 is 1.41 bits per heavy atom. The number of hydrogen-bond donors (Lipinski definition) is 2. The van der Waals surface area contributed by atoms with Crippen LogP contribution >= 0.6 is 11.6 Å². The Kier molecular flexibility index (Phi) is 8.07. The third-order valence-corrected chi connectivity index (χ3v) is 4.33. The summed E-state index contributed by atoms with van der Waals surface area (Å²) in [6.45, 7) is 1.02. The van der Waals surface area contributed by atoms with Crippen molar-refractivity contribution in [2.24, 2.45) is 0 Å². The summed E-state index contributed by atoms with van der Waals surface area (Å²) in [5, 5.41) is 6.39. The van der Waals surface area contributed by atoms with Gasteiger partial charge in [-0.15, -0.1) is 0 Å². The highest BCUT2D eigenvalue weighted by atomic mass is 35.5. The van der Waals surface area contributed by atoms with E-state index in [1.807, 2.05) is 30.3 Å². The van der Waals surface area contributed by atoms with E-state index in [2.05, 4.69) is 10.6 Å². The van der Waals surface area contributed by atoms with Crippen LogP contribution in [0.15, 0.2) is 36.4 Å². The number of amides is 2.